The minimum Gasteiger partial charge on any atom is -0.451 e. The van der Waals surface area contributed by atoms with Gasteiger partial charge in [0, 0.05) is 23.6 Å². The Morgan fingerprint density at radius 3 is 2.58 bits per heavy atom. The number of hydrogen-bond donors (Lipinski definition) is 4. The first kappa shape index (κ1) is 26.7. The van der Waals surface area contributed by atoms with E-state index >= 15 is 0 Å². The molecule has 0 bridgehead atoms. The van der Waals surface area contributed by atoms with Gasteiger partial charge in [-0.15, -0.1) is 0 Å². The molecule has 0 saturated heterocycles. The molecule has 1 aliphatic heterocycles. The summed E-state index contributed by atoms with van der Waals surface area (Å²) >= 11 is 0. The largest absolute Gasteiger partial charge is 0.451 e. The minimum absolute atomic E-state index is 0.166. The highest BCUT2D eigenvalue weighted by Gasteiger charge is 2.37. The number of rotatable bonds is 9. The van der Waals surface area contributed by atoms with E-state index < -0.39 is 17.6 Å². The molecule has 3 heterocycles. The number of ether oxygens (including phenoxy) is 1. The van der Waals surface area contributed by atoms with Gasteiger partial charge in [-0.25, -0.2) is 9.78 Å². The lowest BCUT2D eigenvalue weighted by molar-refractivity contribution is 0.00953. The molecule has 1 atom stereocenters. The van der Waals surface area contributed by atoms with Crippen LogP contribution in [0.5, 0.6) is 0 Å². The van der Waals surface area contributed by atoms with E-state index in [1.807, 2.05) is 57.2 Å². The fourth-order valence-electron chi connectivity index (χ4n) is 4.35. The van der Waals surface area contributed by atoms with Crippen LogP contribution in [-0.2, 0) is 16.9 Å². The van der Waals surface area contributed by atoms with Crippen LogP contribution < -0.4 is 16.0 Å². The average Bonchev–Trinajstić information content (AvgIpc) is 3.18. The number of carbonyl (C=O) groups excluding carboxylic acids is 2. The average molecular weight is 540 g/mol. The van der Waals surface area contributed by atoms with Crippen molar-refractivity contribution in [3.8, 4) is 0 Å². The van der Waals surface area contributed by atoms with E-state index in [2.05, 4.69) is 35.9 Å². The Hall–Kier alpha value is -4.90. The van der Waals surface area contributed by atoms with Gasteiger partial charge in [0.05, 0.1) is 42.3 Å². The van der Waals surface area contributed by atoms with Crippen molar-refractivity contribution in [2.75, 3.05) is 17.2 Å². The highest BCUT2D eigenvalue weighted by atomic mass is 16.6. The summed E-state index contributed by atoms with van der Waals surface area (Å²) in [5.41, 5.74) is 3.54. The molecular formula is C29H29N7O4. The maximum Gasteiger partial charge on any atom is 0.339 e. The number of benzene rings is 2. The van der Waals surface area contributed by atoms with Gasteiger partial charge in [0.15, 0.2) is 0 Å². The maximum atomic E-state index is 13.2. The van der Waals surface area contributed by atoms with E-state index in [0.717, 1.165) is 16.8 Å². The van der Waals surface area contributed by atoms with E-state index in [1.165, 1.54) is 6.20 Å². The van der Waals surface area contributed by atoms with Gasteiger partial charge in [-0.2, -0.15) is 4.98 Å². The van der Waals surface area contributed by atoms with Crippen LogP contribution in [0.3, 0.4) is 0 Å². The topological polar surface area (TPSA) is 151 Å². The van der Waals surface area contributed by atoms with E-state index in [0.29, 0.717) is 16.9 Å². The number of carbonyl (C=O) groups is 2. The molecule has 1 unspecified atom stereocenters. The molecule has 11 nitrogen and oxygen atoms in total. The van der Waals surface area contributed by atoms with Gasteiger partial charge < -0.3 is 25.8 Å². The van der Waals surface area contributed by atoms with Gasteiger partial charge in [-0.3, -0.25) is 14.8 Å². The first-order chi connectivity index (χ1) is 19.2. The van der Waals surface area contributed by atoms with Crippen molar-refractivity contribution in [3.05, 3.63) is 101 Å². The third kappa shape index (κ3) is 5.74. The second-order valence-electron chi connectivity index (χ2n) is 9.86. The number of aromatic nitrogens is 4. The van der Waals surface area contributed by atoms with Crippen LogP contribution >= 0.6 is 0 Å². The van der Waals surface area contributed by atoms with E-state index in [4.69, 9.17) is 4.74 Å². The number of nitrogens with one attached hydrogen (secondary N) is 3. The fraction of sp³-hybridized carbons (Fsp3) is 0.241. The quantitative estimate of drug-likeness (QED) is 0.231. The van der Waals surface area contributed by atoms with Crippen molar-refractivity contribution < 1.29 is 19.4 Å². The number of aliphatic hydroxyl groups excluding tert-OH is 1. The van der Waals surface area contributed by atoms with Gasteiger partial charge in [0.25, 0.3) is 5.91 Å². The standard InChI is InChI=1S/C29H29N7O4/c1-17-12-31-20(13-30-17)14-32-26(38)22-15-33-28(36-25(22)35-24(16-37)18-7-5-4-6-8-18)34-19-9-10-21-23(11-19)29(2,3)40-27(21)39/h4-13,15,24,37H,14,16H2,1-3H3,(H,32,38)(H2,33,34,35,36). The smallest absolute Gasteiger partial charge is 0.339 e. The van der Waals surface area contributed by atoms with E-state index in [9.17, 15) is 14.7 Å². The summed E-state index contributed by atoms with van der Waals surface area (Å²) in [5.74, 6) is -0.336. The second kappa shape index (κ2) is 11.1. The van der Waals surface area contributed by atoms with Crippen molar-refractivity contribution in [2.24, 2.45) is 0 Å². The van der Waals surface area contributed by atoms with Crippen molar-refractivity contribution >= 4 is 29.3 Å². The Labute approximate surface area is 231 Å². The summed E-state index contributed by atoms with van der Waals surface area (Å²) in [6, 6.07) is 14.1. The first-order valence-electron chi connectivity index (χ1n) is 12.7. The Morgan fingerprint density at radius 2 is 1.85 bits per heavy atom. The number of fused-ring (bicyclic) bond motifs is 1. The fourth-order valence-corrected chi connectivity index (χ4v) is 4.35. The molecule has 0 aliphatic carbocycles. The Bertz CT molecular complexity index is 1540. The predicted molar refractivity (Wildman–Crippen MR) is 148 cm³/mol. The lowest BCUT2D eigenvalue weighted by Crippen LogP contribution is -2.26. The Morgan fingerprint density at radius 1 is 1.05 bits per heavy atom. The minimum atomic E-state index is -0.758. The van der Waals surface area contributed by atoms with Crippen molar-refractivity contribution in [2.45, 2.75) is 39.0 Å². The van der Waals surface area contributed by atoms with E-state index in [1.54, 1.807) is 24.5 Å². The zero-order chi connectivity index (χ0) is 28.3. The normalized spacial score (nSPS) is 14.2. The third-order valence-electron chi connectivity index (χ3n) is 6.49. The molecule has 40 heavy (non-hydrogen) atoms. The summed E-state index contributed by atoms with van der Waals surface area (Å²) in [5, 5.41) is 19.3. The van der Waals surface area contributed by atoms with Crippen LogP contribution in [0, 0.1) is 6.92 Å². The molecule has 204 valence electrons. The molecule has 0 spiro atoms. The molecular weight excluding hydrogens is 510 g/mol. The van der Waals surface area contributed by atoms with Gasteiger partial charge >= 0.3 is 5.97 Å². The highest BCUT2D eigenvalue weighted by Crippen LogP contribution is 2.37. The second-order valence-corrected chi connectivity index (χ2v) is 9.86. The molecule has 1 aliphatic rings. The van der Waals surface area contributed by atoms with Gasteiger partial charge in [-0.1, -0.05) is 30.3 Å². The number of amides is 1. The van der Waals surface area contributed by atoms with Gasteiger partial charge in [0.1, 0.15) is 17.0 Å². The number of aryl methyl sites for hydroxylation is 1. The molecule has 5 rings (SSSR count). The number of anilines is 3. The zero-order valence-corrected chi connectivity index (χ0v) is 22.3. The molecule has 4 N–H and O–H groups in total. The summed E-state index contributed by atoms with van der Waals surface area (Å²) in [4.78, 5) is 42.8. The van der Waals surface area contributed by atoms with Crippen LogP contribution in [-0.4, -0.2) is 43.5 Å². The third-order valence-corrected chi connectivity index (χ3v) is 6.49. The van der Waals surface area contributed by atoms with Crippen molar-refractivity contribution in [1.29, 1.82) is 0 Å². The number of aliphatic hydroxyl groups is 1. The zero-order valence-electron chi connectivity index (χ0n) is 22.3. The summed E-state index contributed by atoms with van der Waals surface area (Å²) in [7, 11) is 0. The molecule has 2 aromatic heterocycles. The first-order valence-corrected chi connectivity index (χ1v) is 12.7. The number of nitrogens with zero attached hydrogens (tertiary/aromatic N) is 4. The predicted octanol–water partition coefficient (Wildman–Crippen LogP) is 3.80. The Kier molecular flexibility index (Phi) is 7.39. The van der Waals surface area contributed by atoms with Crippen LogP contribution in [0.25, 0.3) is 0 Å². The van der Waals surface area contributed by atoms with Crippen LogP contribution in [0.2, 0.25) is 0 Å². The SMILES string of the molecule is Cc1cnc(CNC(=O)c2cnc(Nc3ccc4c(c3)C(C)(C)OC4=O)nc2NC(CO)c2ccccc2)cn1. The number of hydrogen-bond acceptors (Lipinski definition) is 10. The highest BCUT2D eigenvalue weighted by molar-refractivity contribution is 5.98. The van der Waals surface area contributed by atoms with Crippen LogP contribution in [0.1, 0.15) is 63.1 Å². The van der Waals surface area contributed by atoms with Crippen molar-refractivity contribution in [3.63, 3.8) is 0 Å². The van der Waals surface area contributed by atoms with Crippen LogP contribution in [0.4, 0.5) is 17.5 Å². The molecule has 0 fully saturated rings. The van der Waals surface area contributed by atoms with E-state index in [-0.39, 0.29) is 36.5 Å². The van der Waals surface area contributed by atoms with Crippen LogP contribution in [0.15, 0.2) is 67.1 Å². The number of cyclic esters (lactones) is 1. The molecule has 2 aromatic carbocycles. The van der Waals surface area contributed by atoms with Crippen molar-refractivity contribution in [1.82, 2.24) is 25.3 Å². The summed E-state index contributed by atoms with van der Waals surface area (Å²) < 4.78 is 5.46. The molecule has 0 radical (unpaired) electrons. The monoisotopic (exact) mass is 539 g/mol. The maximum absolute atomic E-state index is 13.2. The molecule has 0 saturated carbocycles. The van der Waals surface area contributed by atoms with Gasteiger partial charge in [0.2, 0.25) is 5.95 Å². The van der Waals surface area contributed by atoms with Gasteiger partial charge in [-0.05, 0) is 44.5 Å². The lowest BCUT2D eigenvalue weighted by Gasteiger charge is -2.20. The summed E-state index contributed by atoms with van der Waals surface area (Å²) in [6.45, 7) is 5.42. The Balaban J connectivity index is 1.43. The molecule has 11 heteroatoms. The molecule has 1 amide bonds. The number of esters is 1. The lowest BCUT2D eigenvalue weighted by atomic mass is 9.95. The molecule has 4 aromatic rings. The summed E-state index contributed by atoms with van der Waals surface area (Å²) in [6.07, 6.45) is 4.65.